The van der Waals surface area contributed by atoms with Gasteiger partial charge in [0.2, 0.25) is 0 Å². The van der Waals surface area contributed by atoms with Crippen molar-refractivity contribution in [2.75, 3.05) is 20.8 Å². The van der Waals surface area contributed by atoms with Crippen LogP contribution in [-0.4, -0.2) is 25.7 Å². The summed E-state index contributed by atoms with van der Waals surface area (Å²) in [5, 5.41) is 10.7. The third-order valence-corrected chi connectivity index (χ3v) is 4.50. The van der Waals surface area contributed by atoms with Gasteiger partial charge in [-0.2, -0.15) is 0 Å². The fraction of sp³-hybridized carbons (Fsp3) is 0.333. The van der Waals surface area contributed by atoms with E-state index in [1.165, 1.54) is 16.0 Å². The maximum Gasteiger partial charge on any atom is 0.269 e. The molecule has 1 atom stereocenters. The SMILES string of the molecule is COc1cc2c(cc1OC)C[NH+](Cc1ccc([N+](=O)[O-])cc1)CC2. The monoisotopic (exact) mass is 329 g/mol. The van der Waals surface area contributed by atoms with Gasteiger partial charge in [0.05, 0.1) is 25.7 Å². The van der Waals surface area contributed by atoms with Crippen molar-refractivity contribution >= 4 is 5.69 Å². The van der Waals surface area contributed by atoms with E-state index in [0.29, 0.717) is 0 Å². The van der Waals surface area contributed by atoms with Crippen LogP contribution in [0, 0.1) is 10.1 Å². The van der Waals surface area contributed by atoms with Crippen molar-refractivity contribution in [3.63, 3.8) is 0 Å². The molecule has 0 aliphatic carbocycles. The zero-order valence-corrected chi connectivity index (χ0v) is 13.9. The summed E-state index contributed by atoms with van der Waals surface area (Å²) in [6.07, 6.45) is 0.984. The number of nitro benzene ring substituents is 1. The van der Waals surface area contributed by atoms with E-state index >= 15 is 0 Å². The van der Waals surface area contributed by atoms with Crippen molar-refractivity contribution in [2.45, 2.75) is 19.5 Å². The van der Waals surface area contributed by atoms with Crippen molar-refractivity contribution in [1.29, 1.82) is 0 Å². The maximum atomic E-state index is 10.7. The Balaban J connectivity index is 1.73. The number of nitro groups is 1. The third kappa shape index (κ3) is 3.33. The number of methoxy groups -OCH3 is 2. The van der Waals surface area contributed by atoms with Gasteiger partial charge in [-0.05, 0) is 29.8 Å². The van der Waals surface area contributed by atoms with Crippen LogP contribution in [0.2, 0.25) is 0 Å². The number of rotatable bonds is 5. The number of ether oxygens (including phenoxy) is 2. The first kappa shape index (κ1) is 16.3. The normalized spacial score (nSPS) is 16.3. The standard InChI is InChI=1S/C18H20N2O4/c1-23-17-9-14-7-8-19(12-15(14)10-18(17)24-2)11-13-3-5-16(6-4-13)20(21)22/h3-6,9-10H,7-8,11-12H2,1-2H3/p+1. The van der Waals surface area contributed by atoms with Crippen LogP contribution in [0.25, 0.3) is 0 Å². The lowest BCUT2D eigenvalue weighted by atomic mass is 9.98. The number of hydrogen-bond donors (Lipinski definition) is 1. The largest absolute Gasteiger partial charge is 0.493 e. The smallest absolute Gasteiger partial charge is 0.269 e. The quantitative estimate of drug-likeness (QED) is 0.670. The summed E-state index contributed by atoms with van der Waals surface area (Å²) in [4.78, 5) is 11.8. The molecule has 1 unspecified atom stereocenters. The maximum absolute atomic E-state index is 10.7. The number of benzene rings is 2. The molecule has 0 aromatic heterocycles. The van der Waals surface area contributed by atoms with Crippen molar-refractivity contribution < 1.29 is 19.3 Å². The molecule has 2 aromatic rings. The van der Waals surface area contributed by atoms with Crippen LogP contribution in [0.15, 0.2) is 36.4 Å². The molecule has 2 aromatic carbocycles. The van der Waals surface area contributed by atoms with Crippen molar-refractivity contribution in [3.8, 4) is 11.5 Å². The lowest BCUT2D eigenvalue weighted by Crippen LogP contribution is -3.10. The van der Waals surface area contributed by atoms with Gasteiger partial charge in [-0.1, -0.05) is 0 Å². The number of fused-ring (bicyclic) bond motifs is 1. The van der Waals surface area contributed by atoms with Gasteiger partial charge in [0.1, 0.15) is 13.1 Å². The second-order valence-electron chi connectivity index (χ2n) is 6.00. The van der Waals surface area contributed by atoms with Gasteiger partial charge in [0.15, 0.2) is 11.5 Å². The molecule has 0 bridgehead atoms. The van der Waals surface area contributed by atoms with Crippen LogP contribution in [0.5, 0.6) is 11.5 Å². The molecule has 0 fully saturated rings. The van der Waals surface area contributed by atoms with Gasteiger partial charge < -0.3 is 14.4 Å². The first-order chi connectivity index (χ1) is 11.6. The van der Waals surface area contributed by atoms with Crippen LogP contribution in [0.3, 0.4) is 0 Å². The van der Waals surface area contributed by atoms with E-state index in [1.54, 1.807) is 26.4 Å². The van der Waals surface area contributed by atoms with E-state index in [2.05, 4.69) is 12.1 Å². The summed E-state index contributed by atoms with van der Waals surface area (Å²) >= 11 is 0. The van der Waals surface area contributed by atoms with Crippen LogP contribution < -0.4 is 14.4 Å². The highest BCUT2D eigenvalue weighted by Gasteiger charge is 2.22. The van der Waals surface area contributed by atoms with E-state index in [4.69, 9.17) is 9.47 Å². The Hall–Kier alpha value is -2.60. The summed E-state index contributed by atoms with van der Waals surface area (Å²) in [5.74, 6) is 1.53. The molecule has 0 amide bonds. The Labute approximate surface area is 140 Å². The number of nitrogens with one attached hydrogen (secondary N) is 1. The van der Waals surface area contributed by atoms with Crippen molar-refractivity contribution in [1.82, 2.24) is 0 Å². The molecule has 0 saturated heterocycles. The van der Waals surface area contributed by atoms with Crippen molar-refractivity contribution in [2.24, 2.45) is 0 Å². The van der Waals surface area contributed by atoms with Crippen LogP contribution in [0.1, 0.15) is 16.7 Å². The molecule has 0 radical (unpaired) electrons. The fourth-order valence-electron chi connectivity index (χ4n) is 3.20. The zero-order chi connectivity index (χ0) is 17.1. The van der Waals surface area contributed by atoms with Gasteiger partial charge >= 0.3 is 0 Å². The second-order valence-corrected chi connectivity index (χ2v) is 6.00. The first-order valence-corrected chi connectivity index (χ1v) is 7.91. The Morgan fingerprint density at radius 2 is 1.71 bits per heavy atom. The number of quaternary nitrogens is 1. The summed E-state index contributed by atoms with van der Waals surface area (Å²) in [6, 6.07) is 11.0. The van der Waals surface area contributed by atoms with Crippen LogP contribution >= 0.6 is 0 Å². The first-order valence-electron chi connectivity index (χ1n) is 7.91. The fourth-order valence-corrected chi connectivity index (χ4v) is 3.20. The van der Waals surface area contributed by atoms with Gasteiger partial charge in [0.25, 0.3) is 5.69 Å². The summed E-state index contributed by atoms with van der Waals surface area (Å²) < 4.78 is 10.8. The van der Waals surface area contributed by atoms with E-state index in [-0.39, 0.29) is 10.6 Å². The highest BCUT2D eigenvalue weighted by atomic mass is 16.6. The number of nitrogens with zero attached hydrogens (tertiary/aromatic N) is 1. The molecule has 1 aliphatic heterocycles. The topological polar surface area (TPSA) is 66.0 Å². The minimum Gasteiger partial charge on any atom is -0.493 e. The molecule has 6 nitrogen and oxygen atoms in total. The highest BCUT2D eigenvalue weighted by Crippen LogP contribution is 2.31. The molecule has 1 N–H and O–H groups in total. The third-order valence-electron chi connectivity index (χ3n) is 4.50. The lowest BCUT2D eigenvalue weighted by Gasteiger charge is -2.27. The van der Waals surface area contributed by atoms with Gasteiger partial charge in [-0.15, -0.1) is 0 Å². The minimum atomic E-state index is -0.368. The average Bonchev–Trinajstić information content (AvgIpc) is 2.60. The van der Waals surface area contributed by atoms with E-state index in [1.807, 2.05) is 12.1 Å². The summed E-state index contributed by atoms with van der Waals surface area (Å²) in [5.41, 5.74) is 3.82. The number of hydrogen-bond acceptors (Lipinski definition) is 4. The van der Waals surface area contributed by atoms with Gasteiger partial charge in [-0.3, -0.25) is 10.1 Å². The second kappa shape index (κ2) is 6.88. The summed E-state index contributed by atoms with van der Waals surface area (Å²) in [6.45, 7) is 2.79. The highest BCUT2D eigenvalue weighted by molar-refractivity contribution is 5.47. The molecular formula is C18H21N2O4+. The predicted molar refractivity (Wildman–Crippen MR) is 89.6 cm³/mol. The van der Waals surface area contributed by atoms with Gasteiger partial charge in [-0.25, -0.2) is 0 Å². The Bertz CT molecular complexity index is 743. The molecule has 3 rings (SSSR count). The molecule has 1 heterocycles. The number of non-ortho nitro benzene ring substituents is 1. The zero-order valence-electron chi connectivity index (χ0n) is 13.9. The Morgan fingerprint density at radius 1 is 1.08 bits per heavy atom. The van der Waals surface area contributed by atoms with E-state index in [9.17, 15) is 10.1 Å². The molecule has 6 heteroatoms. The predicted octanol–water partition coefficient (Wildman–Crippen LogP) is 1.75. The van der Waals surface area contributed by atoms with Gasteiger partial charge in [0, 0.05) is 29.7 Å². The molecule has 0 saturated carbocycles. The van der Waals surface area contributed by atoms with E-state index < -0.39 is 0 Å². The van der Waals surface area contributed by atoms with Crippen molar-refractivity contribution in [3.05, 3.63) is 63.2 Å². The molecule has 24 heavy (non-hydrogen) atoms. The summed E-state index contributed by atoms with van der Waals surface area (Å²) in [7, 11) is 3.30. The average molecular weight is 329 g/mol. The van der Waals surface area contributed by atoms with E-state index in [0.717, 1.165) is 43.1 Å². The Morgan fingerprint density at radius 3 is 2.29 bits per heavy atom. The molecular weight excluding hydrogens is 308 g/mol. The lowest BCUT2D eigenvalue weighted by molar-refractivity contribution is -0.929. The minimum absolute atomic E-state index is 0.134. The molecule has 126 valence electrons. The molecule has 1 aliphatic rings. The molecule has 0 spiro atoms. The Kier molecular flexibility index (Phi) is 4.66. The van der Waals surface area contributed by atoms with Crippen LogP contribution in [-0.2, 0) is 19.5 Å². The van der Waals surface area contributed by atoms with Crippen LogP contribution in [0.4, 0.5) is 5.69 Å².